The highest BCUT2D eigenvalue weighted by atomic mass is 32.1. The summed E-state index contributed by atoms with van der Waals surface area (Å²) in [6.07, 6.45) is 3.58. The van der Waals surface area contributed by atoms with E-state index >= 15 is 0 Å². The second-order valence-corrected chi connectivity index (χ2v) is 9.68. The summed E-state index contributed by atoms with van der Waals surface area (Å²) in [5, 5.41) is 0.876. The van der Waals surface area contributed by atoms with Crippen LogP contribution in [-0.2, 0) is 0 Å². The van der Waals surface area contributed by atoms with Crippen LogP contribution in [0.4, 0.5) is 0 Å². The van der Waals surface area contributed by atoms with E-state index in [1.165, 1.54) is 50.4 Å². The van der Waals surface area contributed by atoms with Crippen molar-refractivity contribution >= 4 is 17.6 Å². The van der Waals surface area contributed by atoms with Gasteiger partial charge in [-0.25, -0.2) is 4.98 Å². The molecule has 2 aromatic carbocycles. The third kappa shape index (κ3) is 6.75. The first-order valence-corrected chi connectivity index (χ1v) is 12.9. The molecule has 34 heavy (non-hydrogen) atoms. The molecule has 1 aliphatic rings. The van der Waals surface area contributed by atoms with E-state index in [9.17, 15) is 4.79 Å². The second-order valence-electron chi connectivity index (χ2n) is 8.65. The normalized spacial score (nSPS) is 14.5. The lowest BCUT2D eigenvalue weighted by Crippen LogP contribution is -2.43. The van der Waals surface area contributed by atoms with Crippen LogP contribution in [0.3, 0.4) is 0 Å². The molecule has 0 atom stereocenters. The zero-order chi connectivity index (χ0) is 24.5. The number of nitrogens with zero attached hydrogens (tertiary/aromatic N) is 3. The van der Waals surface area contributed by atoms with Crippen LogP contribution < -0.4 is 4.74 Å². The minimum Gasteiger partial charge on any atom is -0.497 e. The number of methoxy groups -OCH3 is 1. The van der Waals surface area contributed by atoms with Gasteiger partial charge in [0.05, 0.1) is 17.7 Å². The number of carbonyl (C=O) groups excluding carboxylic acids is 1. The van der Waals surface area contributed by atoms with Gasteiger partial charge >= 0.3 is 0 Å². The molecule has 3 aromatic rings. The minimum absolute atomic E-state index is 0.689. The second kappa shape index (κ2) is 12.8. The van der Waals surface area contributed by atoms with Gasteiger partial charge in [-0.05, 0) is 76.3 Å². The molecule has 0 radical (unpaired) electrons. The maximum atomic E-state index is 10.9. The van der Waals surface area contributed by atoms with Crippen molar-refractivity contribution in [3.63, 3.8) is 0 Å². The Kier molecular flexibility index (Phi) is 9.81. The van der Waals surface area contributed by atoms with Crippen molar-refractivity contribution in [1.29, 1.82) is 0 Å². The monoisotopic (exact) mass is 479 g/mol. The summed E-state index contributed by atoms with van der Waals surface area (Å²) in [5.41, 5.74) is 4.08. The number of benzene rings is 2. The first-order valence-electron chi connectivity index (χ1n) is 12.1. The Morgan fingerprint density at radius 2 is 1.53 bits per heavy atom. The topological polar surface area (TPSA) is 45.7 Å². The lowest BCUT2D eigenvalue weighted by atomic mass is 10.0. The van der Waals surface area contributed by atoms with E-state index in [4.69, 9.17) is 4.74 Å². The van der Waals surface area contributed by atoms with Gasteiger partial charge in [0.25, 0.3) is 0 Å². The number of piperidine rings is 1. The molecule has 1 fully saturated rings. The van der Waals surface area contributed by atoms with Crippen LogP contribution in [0.1, 0.15) is 42.1 Å². The fourth-order valence-electron chi connectivity index (χ4n) is 4.33. The minimum atomic E-state index is 0.689. The number of hydrogen-bond donors (Lipinski definition) is 0. The predicted molar refractivity (Wildman–Crippen MR) is 143 cm³/mol. The Labute approximate surface area is 208 Å². The van der Waals surface area contributed by atoms with Crippen molar-refractivity contribution in [2.45, 2.75) is 39.7 Å². The van der Waals surface area contributed by atoms with Gasteiger partial charge in [-0.1, -0.05) is 50.2 Å². The van der Waals surface area contributed by atoms with Gasteiger partial charge in [0, 0.05) is 11.6 Å². The zero-order valence-corrected chi connectivity index (χ0v) is 21.9. The highest BCUT2D eigenvalue weighted by Crippen LogP contribution is 2.29. The number of hydrogen-bond acceptors (Lipinski definition) is 6. The summed E-state index contributed by atoms with van der Waals surface area (Å²) < 4.78 is 5.17. The van der Waals surface area contributed by atoms with E-state index in [1.807, 2.05) is 43.3 Å². The first-order chi connectivity index (χ1) is 16.5. The summed E-state index contributed by atoms with van der Waals surface area (Å²) >= 11 is 1.42. The smallest absolute Gasteiger partial charge is 0.161 e. The number of aldehydes is 1. The molecule has 0 bridgehead atoms. The van der Waals surface area contributed by atoms with Crippen LogP contribution in [0.15, 0.2) is 48.5 Å². The lowest BCUT2D eigenvalue weighted by Gasteiger charge is -2.36. The van der Waals surface area contributed by atoms with Crippen LogP contribution in [-0.4, -0.2) is 67.4 Å². The standard InChI is InChI=1S/C18H15NO2S.C10H22N2/c1-12-17(11-20)22-18(19-12)15-5-3-13(4-6-15)14-7-9-16(21-2)10-8-14;1-4-12(5-2)10-6-8-11(3)9-7-10/h3-11H,1-2H3;10H,4-9H2,1-3H3. The van der Waals surface area contributed by atoms with Gasteiger partial charge in [-0.15, -0.1) is 11.3 Å². The summed E-state index contributed by atoms with van der Waals surface area (Å²) in [6.45, 7) is 11.4. The summed E-state index contributed by atoms with van der Waals surface area (Å²) in [6, 6.07) is 17.0. The van der Waals surface area contributed by atoms with E-state index in [0.717, 1.165) is 45.5 Å². The van der Waals surface area contributed by atoms with Gasteiger partial charge in [0.15, 0.2) is 6.29 Å². The van der Waals surface area contributed by atoms with Crippen molar-refractivity contribution in [2.24, 2.45) is 0 Å². The van der Waals surface area contributed by atoms with Crippen molar-refractivity contribution in [3.8, 4) is 27.4 Å². The van der Waals surface area contributed by atoms with Crippen LogP contribution in [0.25, 0.3) is 21.7 Å². The van der Waals surface area contributed by atoms with Crippen molar-refractivity contribution in [3.05, 3.63) is 59.1 Å². The quantitative estimate of drug-likeness (QED) is 0.387. The predicted octanol–water partition coefficient (Wildman–Crippen LogP) is 6.03. The van der Waals surface area contributed by atoms with E-state index < -0.39 is 0 Å². The first kappa shape index (κ1) is 26.1. The van der Waals surface area contributed by atoms with Gasteiger partial charge in [-0.2, -0.15) is 0 Å². The third-order valence-electron chi connectivity index (χ3n) is 6.51. The molecule has 0 N–H and O–H groups in total. The molecule has 1 aliphatic heterocycles. The number of aryl methyl sites for hydroxylation is 1. The molecule has 0 aliphatic carbocycles. The molecular weight excluding hydrogens is 442 g/mol. The van der Waals surface area contributed by atoms with E-state index in [-0.39, 0.29) is 0 Å². The summed E-state index contributed by atoms with van der Waals surface area (Å²) in [4.78, 5) is 21.1. The Morgan fingerprint density at radius 3 is 2.00 bits per heavy atom. The molecule has 2 heterocycles. The van der Waals surface area contributed by atoms with E-state index in [1.54, 1.807) is 7.11 Å². The fourth-order valence-corrected chi connectivity index (χ4v) is 5.22. The Morgan fingerprint density at radius 1 is 1.00 bits per heavy atom. The SMILES string of the molecule is CCN(CC)C1CCN(C)CC1.COc1ccc(-c2ccc(-c3nc(C)c(C=O)s3)cc2)cc1. The lowest BCUT2D eigenvalue weighted by molar-refractivity contribution is 0.112. The van der Waals surface area contributed by atoms with Crippen LogP contribution in [0.5, 0.6) is 5.75 Å². The number of likely N-dealkylation sites (tertiary alicyclic amines) is 1. The van der Waals surface area contributed by atoms with Crippen LogP contribution in [0, 0.1) is 6.92 Å². The van der Waals surface area contributed by atoms with Crippen molar-refractivity contribution in [1.82, 2.24) is 14.8 Å². The largest absolute Gasteiger partial charge is 0.497 e. The zero-order valence-electron chi connectivity index (χ0n) is 21.1. The molecule has 1 saturated heterocycles. The maximum absolute atomic E-state index is 10.9. The number of rotatable bonds is 7. The summed E-state index contributed by atoms with van der Waals surface area (Å²) in [7, 11) is 3.88. The fraction of sp³-hybridized carbons (Fsp3) is 0.429. The number of ether oxygens (including phenoxy) is 1. The molecule has 6 heteroatoms. The number of aromatic nitrogens is 1. The summed E-state index contributed by atoms with van der Waals surface area (Å²) in [5.74, 6) is 0.847. The molecule has 0 unspecified atom stereocenters. The van der Waals surface area contributed by atoms with Crippen LogP contribution in [0.2, 0.25) is 0 Å². The Balaban J connectivity index is 0.000000229. The molecule has 0 saturated carbocycles. The van der Waals surface area contributed by atoms with Gasteiger partial charge in [0.1, 0.15) is 10.8 Å². The van der Waals surface area contributed by atoms with Gasteiger partial charge in [0.2, 0.25) is 0 Å². The van der Waals surface area contributed by atoms with Gasteiger partial charge in [-0.3, -0.25) is 4.79 Å². The molecule has 4 rings (SSSR count). The van der Waals surface area contributed by atoms with Gasteiger partial charge < -0.3 is 14.5 Å². The molecule has 182 valence electrons. The van der Waals surface area contributed by atoms with E-state index in [2.05, 4.69) is 47.8 Å². The Hall–Kier alpha value is -2.54. The molecular formula is C28H37N3O2S. The highest BCUT2D eigenvalue weighted by molar-refractivity contribution is 7.16. The number of carbonyl (C=O) groups is 1. The molecule has 5 nitrogen and oxygen atoms in total. The van der Waals surface area contributed by atoms with E-state index in [0.29, 0.717) is 4.88 Å². The average Bonchev–Trinajstić information content (AvgIpc) is 3.27. The molecule has 0 amide bonds. The Bertz CT molecular complexity index is 1020. The van der Waals surface area contributed by atoms with Crippen LogP contribution >= 0.6 is 11.3 Å². The number of thiazole rings is 1. The highest BCUT2D eigenvalue weighted by Gasteiger charge is 2.20. The molecule has 0 spiro atoms. The van der Waals surface area contributed by atoms with Crippen molar-refractivity contribution < 1.29 is 9.53 Å². The third-order valence-corrected chi connectivity index (χ3v) is 7.64. The maximum Gasteiger partial charge on any atom is 0.161 e. The molecule has 1 aromatic heterocycles. The average molecular weight is 480 g/mol. The van der Waals surface area contributed by atoms with Crippen molar-refractivity contribution in [2.75, 3.05) is 40.3 Å².